The molecule has 0 spiro atoms. The zero-order valence-corrected chi connectivity index (χ0v) is 20.7. The SMILES string of the molecule is CCC(=O)N1CCc2cc(S(=O)(=O)NCCOc3ccc(S(=O)(=O)N4CCCC4)cc3)ccc21. The zero-order valence-electron chi connectivity index (χ0n) is 19.1. The molecule has 1 N–H and O–H groups in total. The van der Waals surface area contributed by atoms with Crippen molar-refractivity contribution in [3.05, 3.63) is 48.0 Å². The monoisotopic (exact) mass is 507 g/mol. The molecule has 2 aliphatic heterocycles. The van der Waals surface area contributed by atoms with Crippen molar-refractivity contribution in [2.45, 2.75) is 42.4 Å². The van der Waals surface area contributed by atoms with E-state index in [0.29, 0.717) is 38.2 Å². The van der Waals surface area contributed by atoms with Crippen molar-refractivity contribution < 1.29 is 26.4 Å². The minimum Gasteiger partial charge on any atom is -0.492 e. The molecule has 2 aromatic rings. The van der Waals surface area contributed by atoms with Crippen molar-refractivity contribution in [2.24, 2.45) is 0 Å². The molecule has 1 fully saturated rings. The third kappa shape index (κ3) is 5.12. The Morgan fingerprint density at radius 3 is 2.32 bits per heavy atom. The molecule has 0 atom stereocenters. The molecule has 0 unspecified atom stereocenters. The van der Waals surface area contributed by atoms with Gasteiger partial charge in [0.25, 0.3) is 0 Å². The summed E-state index contributed by atoms with van der Waals surface area (Å²) in [5.41, 5.74) is 1.61. The number of rotatable bonds is 9. The Hall–Kier alpha value is -2.47. The molecule has 34 heavy (non-hydrogen) atoms. The van der Waals surface area contributed by atoms with Crippen molar-refractivity contribution in [2.75, 3.05) is 37.7 Å². The summed E-state index contributed by atoms with van der Waals surface area (Å²) in [4.78, 5) is 14.1. The van der Waals surface area contributed by atoms with E-state index in [-0.39, 0.29) is 28.8 Å². The van der Waals surface area contributed by atoms with E-state index in [1.165, 1.54) is 22.5 Å². The Morgan fingerprint density at radius 2 is 1.65 bits per heavy atom. The molecular weight excluding hydrogens is 478 g/mol. The number of ether oxygens (including phenoxy) is 1. The first-order chi connectivity index (χ1) is 16.2. The largest absolute Gasteiger partial charge is 0.492 e. The normalized spacial score (nSPS) is 16.6. The van der Waals surface area contributed by atoms with Crippen LogP contribution in [0.4, 0.5) is 5.69 Å². The number of carbonyl (C=O) groups excluding carboxylic acids is 1. The highest BCUT2D eigenvalue weighted by Crippen LogP contribution is 2.30. The van der Waals surface area contributed by atoms with E-state index in [4.69, 9.17) is 4.74 Å². The van der Waals surface area contributed by atoms with Gasteiger partial charge in [-0.1, -0.05) is 6.92 Å². The van der Waals surface area contributed by atoms with Crippen LogP contribution in [0.5, 0.6) is 5.75 Å². The predicted octanol–water partition coefficient (Wildman–Crippen LogP) is 2.13. The lowest BCUT2D eigenvalue weighted by atomic mass is 10.2. The van der Waals surface area contributed by atoms with Gasteiger partial charge in [0.15, 0.2) is 0 Å². The Morgan fingerprint density at radius 1 is 0.971 bits per heavy atom. The number of nitrogens with zero attached hydrogens (tertiary/aromatic N) is 2. The summed E-state index contributed by atoms with van der Waals surface area (Å²) in [5, 5.41) is 0. The summed E-state index contributed by atoms with van der Waals surface area (Å²) < 4.78 is 60.1. The first-order valence-electron chi connectivity index (χ1n) is 11.4. The Bertz CT molecular complexity index is 1250. The quantitative estimate of drug-likeness (QED) is 0.520. The molecule has 2 heterocycles. The van der Waals surface area contributed by atoms with Gasteiger partial charge < -0.3 is 9.64 Å². The zero-order chi connectivity index (χ0) is 24.3. The molecule has 0 aromatic heterocycles. The number of amides is 1. The van der Waals surface area contributed by atoms with Crippen molar-refractivity contribution in [3.63, 3.8) is 0 Å². The topological polar surface area (TPSA) is 113 Å². The maximum atomic E-state index is 12.7. The highest BCUT2D eigenvalue weighted by molar-refractivity contribution is 7.89. The van der Waals surface area contributed by atoms with Crippen LogP contribution in [0.1, 0.15) is 31.7 Å². The van der Waals surface area contributed by atoms with Crippen LogP contribution in [-0.2, 0) is 31.3 Å². The van der Waals surface area contributed by atoms with Crippen LogP contribution in [0.2, 0.25) is 0 Å². The average molecular weight is 508 g/mol. The van der Waals surface area contributed by atoms with Crippen molar-refractivity contribution >= 4 is 31.6 Å². The molecule has 1 saturated heterocycles. The minimum atomic E-state index is -3.73. The smallest absolute Gasteiger partial charge is 0.243 e. The van der Waals surface area contributed by atoms with Gasteiger partial charge in [-0.25, -0.2) is 21.6 Å². The fourth-order valence-electron chi connectivity index (χ4n) is 4.21. The number of fused-ring (bicyclic) bond motifs is 1. The van der Waals surface area contributed by atoms with Crippen molar-refractivity contribution in [1.82, 2.24) is 9.03 Å². The lowest BCUT2D eigenvalue weighted by Gasteiger charge is -2.16. The van der Waals surface area contributed by atoms with Gasteiger partial charge in [0.2, 0.25) is 26.0 Å². The Kier molecular flexibility index (Phi) is 7.27. The van der Waals surface area contributed by atoms with E-state index in [1.807, 2.05) is 0 Å². The Balaban J connectivity index is 1.31. The summed E-state index contributed by atoms with van der Waals surface area (Å²) in [6.07, 6.45) is 2.77. The van der Waals surface area contributed by atoms with Crippen LogP contribution in [0, 0.1) is 0 Å². The van der Waals surface area contributed by atoms with Gasteiger partial charge in [-0.3, -0.25) is 4.79 Å². The molecule has 2 aromatic carbocycles. The van der Waals surface area contributed by atoms with Gasteiger partial charge in [-0.2, -0.15) is 4.31 Å². The van der Waals surface area contributed by atoms with Crippen LogP contribution in [0.15, 0.2) is 52.3 Å². The van der Waals surface area contributed by atoms with Gasteiger partial charge in [0.1, 0.15) is 12.4 Å². The molecule has 0 aliphatic carbocycles. The summed E-state index contributed by atoms with van der Waals surface area (Å²) in [7, 11) is -7.21. The van der Waals surface area contributed by atoms with E-state index in [2.05, 4.69) is 4.72 Å². The van der Waals surface area contributed by atoms with E-state index < -0.39 is 20.0 Å². The van der Waals surface area contributed by atoms with Crippen LogP contribution in [-0.4, -0.2) is 59.8 Å². The predicted molar refractivity (Wildman–Crippen MR) is 128 cm³/mol. The highest BCUT2D eigenvalue weighted by atomic mass is 32.2. The van der Waals surface area contributed by atoms with Gasteiger partial charge >= 0.3 is 0 Å². The van der Waals surface area contributed by atoms with Crippen molar-refractivity contribution in [3.8, 4) is 5.75 Å². The fourth-order valence-corrected chi connectivity index (χ4v) is 6.79. The van der Waals surface area contributed by atoms with Gasteiger partial charge in [-0.05, 0) is 67.3 Å². The number of hydrogen-bond donors (Lipinski definition) is 1. The molecule has 184 valence electrons. The highest BCUT2D eigenvalue weighted by Gasteiger charge is 2.27. The number of nitrogens with one attached hydrogen (secondary N) is 1. The second-order valence-corrected chi connectivity index (χ2v) is 12.0. The molecule has 0 saturated carbocycles. The van der Waals surface area contributed by atoms with E-state index in [1.54, 1.807) is 36.1 Å². The second kappa shape index (κ2) is 10.0. The van der Waals surface area contributed by atoms with Crippen LogP contribution in [0.3, 0.4) is 0 Å². The number of sulfonamides is 2. The van der Waals surface area contributed by atoms with Gasteiger partial charge in [-0.15, -0.1) is 0 Å². The molecule has 4 rings (SSSR count). The van der Waals surface area contributed by atoms with E-state index >= 15 is 0 Å². The van der Waals surface area contributed by atoms with Crippen LogP contribution < -0.4 is 14.4 Å². The van der Waals surface area contributed by atoms with Crippen LogP contribution >= 0.6 is 0 Å². The first kappa shape index (κ1) is 24.6. The molecule has 2 aliphatic rings. The standard InChI is InChI=1S/C23H29N3O6S2/c1-2-23(27)26-15-11-18-17-21(9-10-22(18)26)33(28,29)24-12-16-32-19-5-7-20(8-6-19)34(30,31)25-13-3-4-14-25/h5-10,17,24H,2-4,11-16H2,1H3. The average Bonchev–Trinajstić information content (AvgIpc) is 3.52. The summed E-state index contributed by atoms with van der Waals surface area (Å²) in [6.45, 7) is 3.58. The van der Waals surface area contributed by atoms with Crippen LogP contribution in [0.25, 0.3) is 0 Å². The number of anilines is 1. The number of hydrogen-bond acceptors (Lipinski definition) is 6. The lowest BCUT2D eigenvalue weighted by Crippen LogP contribution is -2.29. The van der Waals surface area contributed by atoms with E-state index in [0.717, 1.165) is 24.1 Å². The summed E-state index contributed by atoms with van der Waals surface area (Å²) in [5.74, 6) is 0.476. The third-order valence-corrected chi connectivity index (χ3v) is 9.42. The molecule has 1 amide bonds. The second-order valence-electron chi connectivity index (χ2n) is 8.27. The van der Waals surface area contributed by atoms with E-state index in [9.17, 15) is 21.6 Å². The Labute approximate surface area is 200 Å². The number of carbonyl (C=O) groups is 1. The first-order valence-corrected chi connectivity index (χ1v) is 14.3. The summed E-state index contributed by atoms with van der Waals surface area (Å²) in [6, 6.07) is 10.9. The molecule has 11 heteroatoms. The lowest BCUT2D eigenvalue weighted by molar-refractivity contribution is -0.118. The molecule has 9 nitrogen and oxygen atoms in total. The molecule has 0 radical (unpaired) electrons. The molecular formula is C23H29N3O6S2. The van der Waals surface area contributed by atoms with Crippen molar-refractivity contribution in [1.29, 1.82) is 0 Å². The minimum absolute atomic E-state index is 0.0197. The maximum absolute atomic E-state index is 12.7. The maximum Gasteiger partial charge on any atom is 0.243 e. The number of benzene rings is 2. The fraction of sp³-hybridized carbons (Fsp3) is 0.435. The van der Waals surface area contributed by atoms with Gasteiger partial charge in [0, 0.05) is 38.3 Å². The third-order valence-electron chi connectivity index (χ3n) is 6.05. The van der Waals surface area contributed by atoms with Gasteiger partial charge in [0.05, 0.1) is 9.79 Å². The summed E-state index contributed by atoms with van der Waals surface area (Å²) >= 11 is 0. The molecule has 0 bridgehead atoms.